The number of nitrogens with one attached hydrogen (secondary N) is 1. The Morgan fingerprint density at radius 3 is 2.70 bits per heavy atom. The van der Waals surface area contributed by atoms with E-state index >= 15 is 0 Å². The number of halogens is 2. The Balaban J connectivity index is 1.51. The Hall–Kier alpha value is -2.28. The molecule has 1 N–H and O–H groups in total. The Morgan fingerprint density at radius 1 is 1.22 bits per heavy atom. The lowest BCUT2D eigenvalue weighted by Gasteiger charge is -2.15. The lowest BCUT2D eigenvalue weighted by Crippen LogP contribution is -2.29. The Bertz CT molecular complexity index is 914. The van der Waals surface area contributed by atoms with Gasteiger partial charge in [0.25, 0.3) is 0 Å². The van der Waals surface area contributed by atoms with Crippen molar-refractivity contribution in [2.75, 3.05) is 18.9 Å². The van der Waals surface area contributed by atoms with Gasteiger partial charge in [0.1, 0.15) is 5.82 Å². The molecule has 0 fully saturated rings. The van der Waals surface area contributed by atoms with Crippen LogP contribution in [0.5, 0.6) is 0 Å². The standard InChI is InChI=1S/C20H19ClFN3OS/c1-25(12-14-6-8-16(22)9-7-14)13-19(26)24-20-23-11-17(27-20)10-15-4-2-3-5-18(15)21/h2-9,11H,10,12-13H2,1H3,(H,23,24,26). The number of amides is 1. The molecule has 140 valence electrons. The number of thiazole rings is 1. The van der Waals surface area contributed by atoms with Crippen LogP contribution in [0.2, 0.25) is 5.02 Å². The number of hydrogen-bond acceptors (Lipinski definition) is 4. The first-order valence-electron chi connectivity index (χ1n) is 8.40. The highest BCUT2D eigenvalue weighted by Gasteiger charge is 2.11. The summed E-state index contributed by atoms with van der Waals surface area (Å²) in [7, 11) is 1.84. The van der Waals surface area contributed by atoms with Crippen LogP contribution in [0, 0.1) is 5.82 Å². The van der Waals surface area contributed by atoms with Crippen molar-refractivity contribution < 1.29 is 9.18 Å². The third-order valence-corrected chi connectivity index (χ3v) is 5.18. The van der Waals surface area contributed by atoms with Crippen molar-refractivity contribution in [2.24, 2.45) is 0 Å². The van der Waals surface area contributed by atoms with Crippen LogP contribution in [-0.4, -0.2) is 29.4 Å². The number of aromatic nitrogens is 1. The van der Waals surface area contributed by atoms with Crippen LogP contribution in [-0.2, 0) is 17.8 Å². The van der Waals surface area contributed by atoms with Gasteiger partial charge in [0.15, 0.2) is 5.13 Å². The van der Waals surface area contributed by atoms with Gasteiger partial charge in [-0.2, -0.15) is 0 Å². The van der Waals surface area contributed by atoms with Crippen LogP contribution in [0.4, 0.5) is 9.52 Å². The minimum Gasteiger partial charge on any atom is -0.301 e. The smallest absolute Gasteiger partial charge is 0.240 e. The molecule has 0 aliphatic carbocycles. The zero-order valence-corrected chi connectivity index (χ0v) is 16.4. The third kappa shape index (κ3) is 5.85. The van der Waals surface area contributed by atoms with Crippen molar-refractivity contribution in [1.82, 2.24) is 9.88 Å². The van der Waals surface area contributed by atoms with Crippen molar-refractivity contribution in [3.63, 3.8) is 0 Å². The molecule has 7 heteroatoms. The first-order valence-corrected chi connectivity index (χ1v) is 9.60. The number of benzene rings is 2. The summed E-state index contributed by atoms with van der Waals surface area (Å²) in [4.78, 5) is 19.4. The van der Waals surface area contributed by atoms with Crippen molar-refractivity contribution in [2.45, 2.75) is 13.0 Å². The highest BCUT2D eigenvalue weighted by molar-refractivity contribution is 7.15. The van der Waals surface area contributed by atoms with E-state index in [-0.39, 0.29) is 18.3 Å². The average Bonchev–Trinajstić information content (AvgIpc) is 3.05. The van der Waals surface area contributed by atoms with E-state index in [4.69, 9.17) is 11.6 Å². The number of likely N-dealkylation sites (N-methyl/N-ethyl adjacent to an activating group) is 1. The highest BCUT2D eigenvalue weighted by atomic mass is 35.5. The highest BCUT2D eigenvalue weighted by Crippen LogP contribution is 2.24. The molecule has 0 atom stereocenters. The van der Waals surface area contributed by atoms with Crippen molar-refractivity contribution in [3.8, 4) is 0 Å². The quantitative estimate of drug-likeness (QED) is 0.627. The van der Waals surface area contributed by atoms with E-state index in [9.17, 15) is 9.18 Å². The molecule has 0 aliphatic rings. The summed E-state index contributed by atoms with van der Waals surface area (Å²) in [5.74, 6) is -0.409. The molecule has 0 radical (unpaired) electrons. The van der Waals surface area contributed by atoms with Crippen LogP contribution < -0.4 is 5.32 Å². The molecule has 0 aliphatic heterocycles. The van der Waals surface area contributed by atoms with E-state index in [0.29, 0.717) is 18.1 Å². The van der Waals surface area contributed by atoms with Gasteiger partial charge in [-0.15, -0.1) is 11.3 Å². The van der Waals surface area contributed by atoms with Crippen molar-refractivity contribution in [1.29, 1.82) is 0 Å². The molecular weight excluding hydrogens is 385 g/mol. The predicted molar refractivity (Wildman–Crippen MR) is 108 cm³/mol. The normalized spacial score (nSPS) is 11.0. The van der Waals surface area contributed by atoms with Gasteiger partial charge >= 0.3 is 0 Å². The SMILES string of the molecule is CN(CC(=O)Nc1ncc(Cc2ccccc2Cl)s1)Cc1ccc(F)cc1. The first-order chi connectivity index (χ1) is 13.0. The number of rotatable bonds is 7. The van der Waals surface area contributed by atoms with Crippen LogP contribution in [0.25, 0.3) is 0 Å². The van der Waals surface area contributed by atoms with E-state index in [0.717, 1.165) is 21.0 Å². The molecule has 2 aromatic carbocycles. The van der Waals surface area contributed by atoms with E-state index in [1.165, 1.54) is 23.5 Å². The molecule has 0 saturated carbocycles. The van der Waals surface area contributed by atoms with Crippen molar-refractivity contribution >= 4 is 34.0 Å². The molecule has 0 bridgehead atoms. The minimum atomic E-state index is -0.268. The monoisotopic (exact) mass is 403 g/mol. The number of hydrogen-bond donors (Lipinski definition) is 1. The summed E-state index contributed by atoms with van der Waals surface area (Å²) >= 11 is 7.62. The van der Waals surface area contributed by atoms with Crippen LogP contribution in [0.3, 0.4) is 0 Å². The predicted octanol–water partition coefficient (Wildman–Crippen LogP) is 4.60. The zero-order valence-electron chi connectivity index (χ0n) is 14.8. The fourth-order valence-corrected chi connectivity index (χ4v) is 3.69. The molecule has 0 spiro atoms. The van der Waals surface area contributed by atoms with E-state index in [2.05, 4.69) is 10.3 Å². The zero-order chi connectivity index (χ0) is 19.2. The molecule has 3 rings (SSSR count). The number of nitrogens with zero attached hydrogens (tertiary/aromatic N) is 2. The first kappa shape index (κ1) is 19.5. The lowest BCUT2D eigenvalue weighted by atomic mass is 10.1. The third-order valence-electron chi connectivity index (χ3n) is 3.90. The van der Waals surface area contributed by atoms with E-state index in [1.54, 1.807) is 18.3 Å². The molecule has 1 aromatic heterocycles. The van der Waals surface area contributed by atoms with Gasteiger partial charge in [0.05, 0.1) is 6.54 Å². The molecule has 4 nitrogen and oxygen atoms in total. The fraction of sp³-hybridized carbons (Fsp3) is 0.200. The summed E-state index contributed by atoms with van der Waals surface area (Å²) in [5.41, 5.74) is 1.97. The second-order valence-electron chi connectivity index (χ2n) is 6.25. The maximum atomic E-state index is 12.9. The number of carbonyl (C=O) groups is 1. The van der Waals surface area contributed by atoms with E-state index in [1.807, 2.05) is 36.2 Å². The Kier molecular flexibility index (Phi) is 6.55. The van der Waals surface area contributed by atoms with Crippen LogP contribution >= 0.6 is 22.9 Å². The second-order valence-corrected chi connectivity index (χ2v) is 7.77. The Labute approximate surface area is 166 Å². The maximum Gasteiger partial charge on any atom is 0.240 e. The molecule has 1 heterocycles. The summed E-state index contributed by atoms with van der Waals surface area (Å²) in [6, 6.07) is 13.9. The minimum absolute atomic E-state index is 0.141. The topological polar surface area (TPSA) is 45.2 Å². The van der Waals surface area contributed by atoms with Gasteiger partial charge in [-0.1, -0.05) is 41.9 Å². The summed E-state index contributed by atoms with van der Waals surface area (Å²) in [5, 5.41) is 4.11. The Morgan fingerprint density at radius 2 is 1.96 bits per heavy atom. The maximum absolute atomic E-state index is 12.9. The fourth-order valence-electron chi connectivity index (χ4n) is 2.64. The molecule has 0 unspecified atom stereocenters. The van der Waals surface area contributed by atoms with Gasteiger partial charge in [-0.05, 0) is 36.4 Å². The summed E-state index contributed by atoms with van der Waals surface area (Å²) in [6.07, 6.45) is 2.43. The van der Waals surface area contributed by atoms with E-state index < -0.39 is 0 Å². The van der Waals surface area contributed by atoms with Gasteiger partial charge < -0.3 is 5.32 Å². The number of anilines is 1. The molecule has 0 saturated heterocycles. The van der Waals surface area contributed by atoms with Gasteiger partial charge in [-0.25, -0.2) is 9.37 Å². The second kappa shape index (κ2) is 9.08. The molecule has 3 aromatic rings. The molecule has 27 heavy (non-hydrogen) atoms. The van der Waals surface area contributed by atoms with Gasteiger partial charge in [0.2, 0.25) is 5.91 Å². The van der Waals surface area contributed by atoms with Crippen LogP contribution in [0.15, 0.2) is 54.7 Å². The van der Waals surface area contributed by atoms with Gasteiger partial charge in [0, 0.05) is 29.1 Å². The lowest BCUT2D eigenvalue weighted by molar-refractivity contribution is -0.117. The summed E-state index contributed by atoms with van der Waals surface area (Å²) < 4.78 is 12.9. The average molecular weight is 404 g/mol. The molecule has 1 amide bonds. The summed E-state index contributed by atoms with van der Waals surface area (Å²) in [6.45, 7) is 0.778. The van der Waals surface area contributed by atoms with Crippen molar-refractivity contribution in [3.05, 3.63) is 81.6 Å². The van der Waals surface area contributed by atoms with Gasteiger partial charge in [-0.3, -0.25) is 9.69 Å². The van der Waals surface area contributed by atoms with Crippen LogP contribution in [0.1, 0.15) is 16.0 Å². The molecular formula is C20H19ClFN3OS. The largest absolute Gasteiger partial charge is 0.301 e. The number of carbonyl (C=O) groups excluding carboxylic acids is 1.